The molecule has 0 bridgehead atoms. The number of hydrogen-bond acceptors (Lipinski definition) is 5. The monoisotopic (exact) mass is 425 g/mol. The minimum absolute atomic E-state index is 0.201. The predicted molar refractivity (Wildman–Crippen MR) is 112 cm³/mol. The summed E-state index contributed by atoms with van der Waals surface area (Å²) in [5.74, 6) is 1.84. The van der Waals surface area contributed by atoms with Crippen LogP contribution in [-0.4, -0.2) is 50.4 Å². The number of piperidine rings is 1. The Morgan fingerprint density at radius 3 is 3.04 bits per heavy atom. The summed E-state index contributed by atoms with van der Waals surface area (Å²) in [7, 11) is 0. The van der Waals surface area contributed by atoms with E-state index in [4.69, 9.17) is 20.0 Å². The van der Waals surface area contributed by atoms with Crippen LogP contribution in [0.15, 0.2) is 36.6 Å². The Hall–Kier alpha value is -1.98. The molecule has 154 valence electrons. The zero-order valence-corrected chi connectivity index (χ0v) is 17.4. The second-order valence-corrected chi connectivity index (χ2v) is 7.32. The van der Waals surface area contributed by atoms with E-state index in [1.807, 2.05) is 16.8 Å². The van der Waals surface area contributed by atoms with Gasteiger partial charge in [0, 0.05) is 0 Å². The molecule has 1 saturated heterocycles. The standard InChI is InChI=1S/C21H29N5O.Ni/c1-4-8-16(3)14-22-19-13-20(24-21-17(5-2)15-23-26(19)21)25-11-7-6-9-18(25)10-12-27;/h3-4,8,13,15,18,22,27H,1,5-7,9-12,14H2,2H3;/b16-8+;/t18-;/m0./s1. The molecular formula is C21H29N5NiO. The molecule has 2 aromatic heterocycles. The second kappa shape index (κ2) is 9.99. The van der Waals surface area contributed by atoms with Gasteiger partial charge in [-0.25, -0.2) is 0 Å². The van der Waals surface area contributed by atoms with Crippen molar-refractivity contribution >= 4 is 22.3 Å². The molecule has 28 heavy (non-hydrogen) atoms. The summed E-state index contributed by atoms with van der Waals surface area (Å²) < 4.78 is 1.87. The average Bonchev–Trinajstić information content (AvgIpc) is 3.14. The Balaban J connectivity index is 1.99. The zero-order chi connectivity index (χ0) is 19.9. The normalized spacial score (nSPS) is 17.8. The van der Waals surface area contributed by atoms with E-state index < -0.39 is 0 Å². The molecule has 0 spiro atoms. The van der Waals surface area contributed by atoms with E-state index in [9.17, 15) is 5.11 Å². The van der Waals surface area contributed by atoms with E-state index in [0.29, 0.717) is 12.6 Å². The van der Waals surface area contributed by atoms with E-state index in [1.54, 1.807) is 11.1 Å². The number of fused-ring (bicyclic) bond motifs is 1. The molecule has 1 aliphatic heterocycles. The molecule has 0 saturated carbocycles. The van der Waals surface area contributed by atoms with Crippen molar-refractivity contribution in [3.63, 3.8) is 0 Å². The van der Waals surface area contributed by atoms with Crippen LogP contribution >= 0.6 is 0 Å². The predicted octanol–water partition coefficient (Wildman–Crippen LogP) is 2.91. The van der Waals surface area contributed by atoms with E-state index in [1.165, 1.54) is 6.42 Å². The number of nitrogens with one attached hydrogen (secondary N) is 1. The van der Waals surface area contributed by atoms with Crippen molar-refractivity contribution in [2.75, 3.05) is 29.9 Å². The van der Waals surface area contributed by atoms with Crippen LogP contribution in [-0.2, 0) is 21.5 Å². The molecule has 3 heterocycles. The Morgan fingerprint density at radius 2 is 2.32 bits per heavy atom. The van der Waals surface area contributed by atoms with E-state index in [0.717, 1.165) is 60.6 Å². The van der Waals surface area contributed by atoms with E-state index in [2.05, 4.69) is 34.9 Å². The van der Waals surface area contributed by atoms with Crippen LogP contribution in [0.2, 0.25) is 0 Å². The van der Waals surface area contributed by atoms with Crippen LogP contribution in [0.5, 0.6) is 0 Å². The molecule has 0 radical (unpaired) electrons. The van der Waals surface area contributed by atoms with Gasteiger partial charge in [-0.2, -0.15) is 0 Å². The number of aliphatic hydroxyl groups is 1. The first-order chi connectivity index (χ1) is 13.7. The fourth-order valence-corrected chi connectivity index (χ4v) is 3.93. The first-order valence-electron chi connectivity index (χ1n) is 9.92. The first kappa shape index (κ1) is 20.7. The third-order valence-electron chi connectivity index (χ3n) is 5.22. The molecule has 1 aliphatic rings. The number of rotatable bonds is 9. The van der Waals surface area contributed by atoms with Crippen molar-refractivity contribution in [3.8, 4) is 0 Å². The van der Waals surface area contributed by atoms with Gasteiger partial charge in [-0.1, -0.05) is 0 Å². The Morgan fingerprint density at radius 1 is 1.46 bits per heavy atom. The summed E-state index contributed by atoms with van der Waals surface area (Å²) in [6.45, 7) is 7.63. The number of aliphatic hydroxyl groups excluding tert-OH is 1. The molecule has 7 heteroatoms. The van der Waals surface area contributed by atoms with Gasteiger partial charge in [-0.05, 0) is 0 Å². The summed E-state index contributed by atoms with van der Waals surface area (Å²) in [6.07, 6.45) is 10.6. The number of aryl methyl sites for hydroxylation is 1. The summed E-state index contributed by atoms with van der Waals surface area (Å²) in [5, 5.41) is 17.5. The molecule has 1 fully saturated rings. The van der Waals surface area contributed by atoms with Crippen LogP contribution in [0.3, 0.4) is 0 Å². The van der Waals surface area contributed by atoms with Crippen molar-refractivity contribution in [3.05, 3.63) is 42.1 Å². The molecule has 0 unspecified atom stereocenters. The minimum atomic E-state index is 0.201. The summed E-state index contributed by atoms with van der Waals surface area (Å²) >= 11 is 4.79. The van der Waals surface area contributed by atoms with Crippen molar-refractivity contribution in [1.29, 1.82) is 0 Å². The molecule has 1 atom stereocenters. The van der Waals surface area contributed by atoms with Crippen LogP contribution in [0, 0.1) is 0 Å². The van der Waals surface area contributed by atoms with Crippen LogP contribution < -0.4 is 10.2 Å². The molecule has 0 aliphatic carbocycles. The van der Waals surface area contributed by atoms with Crippen molar-refractivity contribution < 1.29 is 20.1 Å². The van der Waals surface area contributed by atoms with Gasteiger partial charge in [-0.15, -0.1) is 0 Å². The molecule has 0 aromatic carbocycles. The molecular weight excluding hydrogens is 397 g/mol. The average molecular weight is 426 g/mol. The zero-order valence-electron chi connectivity index (χ0n) is 16.4. The van der Waals surface area contributed by atoms with Gasteiger partial charge in [0.05, 0.1) is 0 Å². The maximum absolute atomic E-state index is 9.48. The summed E-state index contributed by atoms with van der Waals surface area (Å²) in [4.78, 5) is 9.01. The van der Waals surface area contributed by atoms with Gasteiger partial charge >= 0.3 is 174 Å². The molecule has 6 nitrogen and oxygen atoms in total. The van der Waals surface area contributed by atoms with Crippen molar-refractivity contribution in [1.82, 2.24) is 14.6 Å². The van der Waals surface area contributed by atoms with Gasteiger partial charge in [0.1, 0.15) is 0 Å². The third-order valence-corrected chi connectivity index (χ3v) is 5.58. The van der Waals surface area contributed by atoms with Crippen molar-refractivity contribution in [2.45, 2.75) is 45.1 Å². The van der Waals surface area contributed by atoms with Crippen LogP contribution in [0.1, 0.15) is 38.2 Å². The van der Waals surface area contributed by atoms with Gasteiger partial charge in [-0.3, -0.25) is 0 Å². The molecule has 0 amide bonds. The van der Waals surface area contributed by atoms with Gasteiger partial charge < -0.3 is 0 Å². The van der Waals surface area contributed by atoms with Crippen molar-refractivity contribution in [2.24, 2.45) is 0 Å². The fraction of sp³-hybridized carbons (Fsp3) is 0.476. The molecule has 3 rings (SSSR count). The van der Waals surface area contributed by atoms with E-state index in [-0.39, 0.29) is 6.61 Å². The molecule has 2 aromatic rings. The Bertz CT molecular complexity index is 858. The number of aromatic nitrogens is 3. The first-order valence-corrected chi connectivity index (χ1v) is 10.5. The quantitative estimate of drug-likeness (QED) is 0.477. The number of allylic oxidation sites excluding steroid dienone is 2. The fourth-order valence-electron chi connectivity index (χ4n) is 3.73. The Labute approximate surface area is 174 Å². The van der Waals surface area contributed by atoms with E-state index >= 15 is 0 Å². The number of nitrogens with zero attached hydrogens (tertiary/aromatic N) is 4. The molecule has 2 N–H and O–H groups in total. The third kappa shape index (κ3) is 4.53. The van der Waals surface area contributed by atoms with Crippen LogP contribution in [0.4, 0.5) is 11.6 Å². The summed E-state index contributed by atoms with van der Waals surface area (Å²) in [5.41, 5.74) is 3.01. The SMILES string of the molecule is C=C/C=C(\[CH]=[Ni])CNc1cc(N2CCCC[C@H]2CCO)nc2c(CC)cnn12. The van der Waals surface area contributed by atoms with Gasteiger partial charge in [0.25, 0.3) is 0 Å². The number of anilines is 2. The van der Waals surface area contributed by atoms with Crippen LogP contribution in [0.25, 0.3) is 5.65 Å². The number of hydrogen-bond donors (Lipinski definition) is 2. The summed E-state index contributed by atoms with van der Waals surface area (Å²) in [6, 6.07) is 2.39. The topological polar surface area (TPSA) is 65.7 Å². The maximum atomic E-state index is 9.48. The van der Waals surface area contributed by atoms with Gasteiger partial charge in [0.15, 0.2) is 0 Å². The van der Waals surface area contributed by atoms with Gasteiger partial charge in [0.2, 0.25) is 0 Å². The second-order valence-electron chi connectivity index (χ2n) is 7.04. The Kier molecular flexibility index (Phi) is 7.40.